The molecule has 8 rings (SSSR count). The Bertz CT molecular complexity index is 2530. The summed E-state index contributed by atoms with van der Waals surface area (Å²) in [6, 6.07) is 83.8. The Labute approximate surface area is 413 Å². The van der Waals surface area contributed by atoms with Crippen LogP contribution in [0.3, 0.4) is 0 Å². The van der Waals surface area contributed by atoms with Crippen LogP contribution in [0.15, 0.2) is 241 Å². The molecule has 0 N–H and O–H groups in total. The molecule has 336 valence electrons. The van der Waals surface area contributed by atoms with Gasteiger partial charge in [0.05, 0.1) is 21.9 Å². The Kier molecular flexibility index (Phi) is 22.0. The van der Waals surface area contributed by atoms with Crippen LogP contribution in [-0.4, -0.2) is 18.0 Å². The standard InChI is InChI=1S/C52H42N2P2.C5H9N.C2H3N.CH4.Fe/c1-7-23-41(24-8-1)51(53-39-43-27-19-21-37-49(43)55(45-29-11-3-12-30-45)46-31-13-4-14-32-46)52(42-25-9-2-10-26-42)54-40-44-28-20-22-38-50(44)56(47-33-15-5-16-34-47)48-35-17-6-18-36-48;1-5(2,3)6-4;1-2-3;;/h1-40,51-52H;1-3H3;1H3;1H4;/p+2. The third-order valence-corrected chi connectivity index (χ3v) is 16.0. The van der Waals surface area contributed by atoms with Crippen LogP contribution >= 0.6 is 15.8 Å². The van der Waals surface area contributed by atoms with Gasteiger partial charge in [-0.2, -0.15) is 5.26 Å². The Morgan fingerprint density at radius 1 is 0.463 bits per heavy atom. The van der Waals surface area contributed by atoms with Gasteiger partial charge in [0.25, 0.3) is 0 Å². The maximum absolute atomic E-state index is 7.32. The molecule has 0 heterocycles. The quantitative estimate of drug-likeness (QED) is 0.0492. The molecule has 0 saturated heterocycles. The van der Waals surface area contributed by atoms with Gasteiger partial charge in [-0.1, -0.05) is 165 Å². The summed E-state index contributed by atoms with van der Waals surface area (Å²) in [6.45, 7) is 13.6. The van der Waals surface area contributed by atoms with E-state index in [4.69, 9.17) is 21.8 Å². The fourth-order valence-electron chi connectivity index (χ4n) is 7.37. The predicted molar refractivity (Wildman–Crippen MR) is 291 cm³/mol. The second-order valence-corrected chi connectivity index (χ2v) is 21.0. The van der Waals surface area contributed by atoms with Gasteiger partial charge in [0.1, 0.15) is 43.9 Å². The van der Waals surface area contributed by atoms with Crippen molar-refractivity contribution in [3.05, 3.63) is 264 Å². The van der Waals surface area contributed by atoms with E-state index in [1.807, 2.05) is 20.8 Å². The minimum absolute atomic E-state index is 0. The number of hydrogen-bond acceptors (Lipinski definition) is 3. The molecule has 2 atom stereocenters. The van der Waals surface area contributed by atoms with Gasteiger partial charge in [-0.05, 0) is 83.9 Å². The van der Waals surface area contributed by atoms with Crippen molar-refractivity contribution in [3.8, 4) is 6.07 Å². The van der Waals surface area contributed by atoms with Crippen LogP contribution < -0.4 is 31.8 Å². The summed E-state index contributed by atoms with van der Waals surface area (Å²) in [7, 11) is -2.62. The number of nitrogens with zero attached hydrogens (tertiary/aromatic N) is 4. The predicted octanol–water partition coefficient (Wildman–Crippen LogP) is 12.6. The van der Waals surface area contributed by atoms with Crippen molar-refractivity contribution in [2.75, 3.05) is 0 Å². The van der Waals surface area contributed by atoms with Crippen molar-refractivity contribution in [1.29, 1.82) is 5.26 Å². The van der Waals surface area contributed by atoms with E-state index in [0.717, 1.165) is 22.3 Å². The molecule has 0 saturated carbocycles. The van der Waals surface area contributed by atoms with Crippen molar-refractivity contribution in [2.24, 2.45) is 9.98 Å². The van der Waals surface area contributed by atoms with Crippen molar-refractivity contribution < 1.29 is 17.1 Å². The second kappa shape index (κ2) is 27.8. The Balaban J connectivity index is 0.000000818. The van der Waals surface area contributed by atoms with Gasteiger partial charge in [0, 0.05) is 68.3 Å². The molecule has 0 amide bonds. The average Bonchev–Trinajstić information content (AvgIpc) is 3.36. The summed E-state index contributed by atoms with van der Waals surface area (Å²) in [6.07, 6.45) is 4.21. The maximum Gasteiger partial charge on any atom is 0.224 e. The van der Waals surface area contributed by atoms with E-state index in [0.29, 0.717) is 0 Å². The van der Waals surface area contributed by atoms with Crippen LogP contribution in [0.1, 0.15) is 69.5 Å². The first-order valence-electron chi connectivity index (χ1n) is 21.8. The molecule has 0 aliphatic heterocycles. The van der Waals surface area contributed by atoms with E-state index in [1.54, 1.807) is 6.07 Å². The Hall–Kier alpha value is -6.54. The minimum atomic E-state index is -1.31. The van der Waals surface area contributed by atoms with Gasteiger partial charge in [-0.3, -0.25) is 9.98 Å². The van der Waals surface area contributed by atoms with Crippen molar-refractivity contribution in [2.45, 2.75) is 52.7 Å². The molecule has 8 aromatic carbocycles. The summed E-state index contributed by atoms with van der Waals surface area (Å²) < 4.78 is 0. The van der Waals surface area contributed by atoms with E-state index >= 15 is 0 Å². The molecule has 8 aromatic rings. The van der Waals surface area contributed by atoms with E-state index < -0.39 is 15.8 Å². The summed E-state index contributed by atoms with van der Waals surface area (Å²) >= 11 is 0. The normalized spacial score (nSPS) is 11.6. The number of benzene rings is 8. The number of aliphatic imine (C=N–C) groups is 2. The number of nitriles is 1. The molecule has 2 unspecified atom stereocenters. The zero-order chi connectivity index (χ0) is 45.7. The largest absolute Gasteiger partial charge is 0.311 e. The zero-order valence-corrected chi connectivity index (χ0v) is 41.0. The average molecular weight is 955 g/mol. The third-order valence-electron chi connectivity index (χ3n) is 10.4. The van der Waals surface area contributed by atoms with Crippen molar-refractivity contribution in [3.63, 3.8) is 0 Å². The molecule has 0 radical (unpaired) electrons. The molecule has 0 spiro atoms. The van der Waals surface area contributed by atoms with Crippen LogP contribution in [0.5, 0.6) is 0 Å². The fraction of sp³-hybridized carbons (Fsp3) is 0.133. The fourth-order valence-corrected chi connectivity index (χ4v) is 12.8. The first-order chi connectivity index (χ1) is 31.8. The molecule has 4 nitrogen and oxygen atoms in total. The van der Waals surface area contributed by atoms with Gasteiger partial charge < -0.3 is 4.85 Å². The summed E-state index contributed by atoms with van der Waals surface area (Å²) in [5, 5.41) is 15.3. The molecule has 0 aliphatic rings. The van der Waals surface area contributed by atoms with Gasteiger partial charge in [-0.25, -0.2) is 6.57 Å². The molecule has 0 fully saturated rings. The molecular formula is C60H60FeN4P2+2. The van der Waals surface area contributed by atoms with Crippen LogP contribution in [0.25, 0.3) is 4.85 Å². The first kappa shape index (κ1) is 53.1. The minimum Gasteiger partial charge on any atom is -0.311 e. The molecule has 67 heavy (non-hydrogen) atoms. The Morgan fingerprint density at radius 3 is 0.940 bits per heavy atom. The molecule has 0 aromatic heterocycles. The van der Waals surface area contributed by atoms with Gasteiger partial charge in [0.2, 0.25) is 5.54 Å². The van der Waals surface area contributed by atoms with Crippen molar-refractivity contribution in [1.82, 2.24) is 0 Å². The van der Waals surface area contributed by atoms with E-state index in [1.165, 1.54) is 38.8 Å². The van der Waals surface area contributed by atoms with Gasteiger partial charge >= 0.3 is 0 Å². The van der Waals surface area contributed by atoms with Crippen LogP contribution in [0.2, 0.25) is 0 Å². The van der Waals surface area contributed by atoms with Crippen LogP contribution in [0, 0.1) is 17.9 Å². The van der Waals surface area contributed by atoms with Crippen LogP contribution in [-0.2, 0) is 17.1 Å². The van der Waals surface area contributed by atoms with E-state index in [9.17, 15) is 0 Å². The maximum atomic E-state index is 7.32. The monoisotopic (exact) mass is 954 g/mol. The summed E-state index contributed by atoms with van der Waals surface area (Å²) in [5.41, 5.74) is 4.34. The molecule has 7 heteroatoms. The van der Waals surface area contributed by atoms with E-state index in [-0.39, 0.29) is 42.1 Å². The van der Waals surface area contributed by atoms with Gasteiger partial charge in [0.15, 0.2) is 0 Å². The second-order valence-electron chi connectivity index (χ2n) is 16.2. The molecule has 0 bridgehead atoms. The first-order valence-corrected chi connectivity index (χ1v) is 24.8. The Morgan fingerprint density at radius 2 is 0.687 bits per heavy atom. The number of hydrogen-bond donors (Lipinski definition) is 0. The topological polar surface area (TPSA) is 52.9 Å². The smallest absolute Gasteiger partial charge is 0.224 e. The zero-order valence-electron chi connectivity index (χ0n) is 37.9. The van der Waals surface area contributed by atoms with E-state index in [2.05, 4.69) is 248 Å². The van der Waals surface area contributed by atoms with Gasteiger partial charge in [-0.15, -0.1) is 0 Å². The SMILES string of the molecule is C.C(=NC(c1ccccc1)C(N=Cc1ccccc1[PH+](c1ccccc1)c1ccccc1)c1ccccc1)c1ccccc1[PH+](c1ccccc1)c1ccccc1.CC#N.[C-]#[N+]C(C)(C)C.[Fe]. The van der Waals surface area contributed by atoms with Crippen molar-refractivity contribution >= 4 is 60.1 Å². The third kappa shape index (κ3) is 15.5. The molecular weight excluding hydrogens is 894 g/mol. The summed E-state index contributed by atoms with van der Waals surface area (Å²) in [4.78, 5) is 14.3. The van der Waals surface area contributed by atoms with Crippen LogP contribution in [0.4, 0.5) is 0 Å². The summed E-state index contributed by atoms with van der Waals surface area (Å²) in [5.74, 6) is 0. The number of rotatable bonds is 13. The molecule has 0 aliphatic carbocycles.